The van der Waals surface area contributed by atoms with Crippen molar-refractivity contribution in [2.75, 3.05) is 20.6 Å². The van der Waals surface area contributed by atoms with E-state index in [1.54, 1.807) is 0 Å². The zero-order chi connectivity index (χ0) is 11.5. The van der Waals surface area contributed by atoms with E-state index in [1.165, 1.54) is 10.4 Å². The van der Waals surface area contributed by atoms with Gasteiger partial charge in [0.05, 0.1) is 0 Å². The maximum absolute atomic E-state index is 3.33. The molecule has 15 heavy (non-hydrogen) atoms. The first-order valence-corrected chi connectivity index (χ1v) is 6.23. The Morgan fingerprint density at radius 1 is 1.47 bits per heavy atom. The topological polar surface area (TPSA) is 15.3 Å². The molecule has 0 aliphatic carbocycles. The highest BCUT2D eigenvalue weighted by atomic mass is 32.1. The van der Waals surface area contributed by atoms with Crippen LogP contribution in [0.2, 0.25) is 0 Å². The fraction of sp³-hybridized carbons (Fsp3) is 0.667. The first-order chi connectivity index (χ1) is 6.94. The van der Waals surface area contributed by atoms with Crippen molar-refractivity contribution in [1.29, 1.82) is 0 Å². The maximum Gasteiger partial charge on any atom is 0.0328 e. The Morgan fingerprint density at radius 3 is 2.60 bits per heavy atom. The molecule has 1 aromatic rings. The van der Waals surface area contributed by atoms with E-state index in [-0.39, 0.29) is 5.54 Å². The lowest BCUT2D eigenvalue weighted by molar-refractivity contribution is 0.239. The average molecular weight is 226 g/mol. The zero-order valence-corrected chi connectivity index (χ0v) is 11.2. The number of nitrogens with zero attached hydrogens (tertiary/aromatic N) is 1. The van der Waals surface area contributed by atoms with Crippen molar-refractivity contribution in [2.24, 2.45) is 0 Å². The van der Waals surface area contributed by atoms with E-state index in [2.05, 4.69) is 49.5 Å². The first kappa shape index (κ1) is 12.7. The molecule has 0 bridgehead atoms. The molecule has 0 aliphatic heterocycles. The average Bonchev–Trinajstić information content (AvgIpc) is 2.51. The normalized spacial score (nSPS) is 12.4. The Bertz CT molecular complexity index is 304. The fourth-order valence-corrected chi connectivity index (χ4v) is 2.61. The second kappa shape index (κ2) is 5.10. The quantitative estimate of drug-likeness (QED) is 0.830. The molecular formula is C12H22N2S. The summed E-state index contributed by atoms with van der Waals surface area (Å²) in [6, 6.07) is 2.19. The Morgan fingerprint density at radius 2 is 2.13 bits per heavy atom. The standard InChI is InChI=1S/C12H22N2S/c1-10-6-7-15-11(10)8-14(5)9-12(2,3)13-4/h6-7,13H,8-9H2,1-5H3. The van der Waals surface area contributed by atoms with E-state index in [9.17, 15) is 0 Å². The molecular weight excluding hydrogens is 204 g/mol. The minimum atomic E-state index is 0.180. The highest BCUT2D eigenvalue weighted by Crippen LogP contribution is 2.18. The third-order valence-corrected chi connectivity index (χ3v) is 3.73. The van der Waals surface area contributed by atoms with Crippen molar-refractivity contribution in [2.45, 2.75) is 32.9 Å². The van der Waals surface area contributed by atoms with Crippen molar-refractivity contribution in [3.8, 4) is 0 Å². The molecule has 1 N–H and O–H groups in total. The molecule has 0 aliphatic rings. The van der Waals surface area contributed by atoms with Gasteiger partial charge in [-0.25, -0.2) is 0 Å². The number of aryl methyl sites for hydroxylation is 1. The summed E-state index contributed by atoms with van der Waals surface area (Å²) in [5.41, 5.74) is 1.59. The SMILES string of the molecule is CNC(C)(C)CN(C)Cc1sccc1C. The molecule has 0 radical (unpaired) electrons. The minimum Gasteiger partial charge on any atom is -0.314 e. The summed E-state index contributed by atoms with van der Waals surface area (Å²) in [6.07, 6.45) is 0. The smallest absolute Gasteiger partial charge is 0.0328 e. The number of likely N-dealkylation sites (N-methyl/N-ethyl adjacent to an activating group) is 2. The van der Waals surface area contributed by atoms with Crippen molar-refractivity contribution >= 4 is 11.3 Å². The van der Waals surface area contributed by atoms with Gasteiger partial charge >= 0.3 is 0 Å². The van der Waals surface area contributed by atoms with Gasteiger partial charge in [0.15, 0.2) is 0 Å². The van der Waals surface area contributed by atoms with Crippen molar-refractivity contribution < 1.29 is 0 Å². The lowest BCUT2D eigenvalue weighted by atomic mass is 10.1. The summed E-state index contributed by atoms with van der Waals surface area (Å²) < 4.78 is 0. The Labute approximate surface area is 97.3 Å². The molecule has 0 fully saturated rings. The monoisotopic (exact) mass is 226 g/mol. The maximum atomic E-state index is 3.33. The van der Waals surface area contributed by atoms with E-state index < -0.39 is 0 Å². The second-order valence-electron chi connectivity index (χ2n) is 4.83. The van der Waals surface area contributed by atoms with Crippen LogP contribution in [0, 0.1) is 6.92 Å². The van der Waals surface area contributed by atoms with E-state index in [1.807, 2.05) is 18.4 Å². The highest BCUT2D eigenvalue weighted by Gasteiger charge is 2.17. The molecule has 3 heteroatoms. The number of hydrogen-bond donors (Lipinski definition) is 1. The number of hydrogen-bond acceptors (Lipinski definition) is 3. The lowest BCUT2D eigenvalue weighted by Crippen LogP contribution is -2.46. The van der Waals surface area contributed by atoms with Crippen molar-refractivity contribution in [3.63, 3.8) is 0 Å². The van der Waals surface area contributed by atoms with Crippen molar-refractivity contribution in [3.05, 3.63) is 21.9 Å². The van der Waals surface area contributed by atoms with Gasteiger partial charge in [-0.2, -0.15) is 0 Å². The van der Waals surface area contributed by atoms with Crippen LogP contribution in [0.15, 0.2) is 11.4 Å². The van der Waals surface area contributed by atoms with Gasteiger partial charge in [-0.05, 0) is 51.9 Å². The van der Waals surface area contributed by atoms with Crippen LogP contribution in [-0.2, 0) is 6.54 Å². The molecule has 0 saturated heterocycles. The molecule has 0 aromatic carbocycles. The largest absolute Gasteiger partial charge is 0.314 e. The van der Waals surface area contributed by atoms with Crippen LogP contribution in [0.4, 0.5) is 0 Å². The lowest BCUT2D eigenvalue weighted by Gasteiger charge is -2.29. The van der Waals surface area contributed by atoms with Crippen LogP contribution in [0.1, 0.15) is 24.3 Å². The van der Waals surface area contributed by atoms with Crippen LogP contribution < -0.4 is 5.32 Å². The van der Waals surface area contributed by atoms with Gasteiger partial charge in [-0.1, -0.05) is 0 Å². The van der Waals surface area contributed by atoms with Crippen molar-refractivity contribution in [1.82, 2.24) is 10.2 Å². The minimum absolute atomic E-state index is 0.180. The van der Waals surface area contributed by atoms with Gasteiger partial charge in [0, 0.05) is 23.5 Å². The zero-order valence-electron chi connectivity index (χ0n) is 10.4. The molecule has 0 atom stereocenters. The number of thiophene rings is 1. The van der Waals surface area contributed by atoms with Crippen LogP contribution in [0.3, 0.4) is 0 Å². The summed E-state index contributed by atoms with van der Waals surface area (Å²) in [7, 11) is 4.20. The summed E-state index contributed by atoms with van der Waals surface area (Å²) in [5, 5.41) is 5.50. The van der Waals surface area contributed by atoms with Gasteiger partial charge in [0.25, 0.3) is 0 Å². The third kappa shape index (κ3) is 3.93. The molecule has 1 rings (SSSR count). The summed E-state index contributed by atoms with van der Waals surface area (Å²) in [4.78, 5) is 3.85. The van der Waals surface area contributed by atoms with Gasteiger partial charge in [-0.15, -0.1) is 11.3 Å². The molecule has 2 nitrogen and oxygen atoms in total. The number of nitrogens with one attached hydrogen (secondary N) is 1. The Hall–Kier alpha value is -0.380. The van der Waals surface area contributed by atoms with Gasteiger partial charge < -0.3 is 5.32 Å². The summed E-state index contributed by atoms with van der Waals surface area (Å²) in [5.74, 6) is 0. The molecule has 1 heterocycles. The van der Waals surface area contributed by atoms with Gasteiger partial charge in [0.1, 0.15) is 0 Å². The van der Waals surface area contributed by atoms with Crippen LogP contribution >= 0.6 is 11.3 Å². The molecule has 1 aromatic heterocycles. The summed E-state index contributed by atoms with van der Waals surface area (Å²) >= 11 is 1.85. The predicted octanol–water partition coefficient (Wildman–Crippen LogP) is 2.49. The Kier molecular flexibility index (Phi) is 4.32. The van der Waals surface area contributed by atoms with E-state index in [0.717, 1.165) is 13.1 Å². The van der Waals surface area contributed by atoms with E-state index >= 15 is 0 Å². The number of rotatable bonds is 5. The molecule has 0 spiro atoms. The van der Waals surface area contributed by atoms with E-state index in [4.69, 9.17) is 0 Å². The summed E-state index contributed by atoms with van der Waals surface area (Å²) in [6.45, 7) is 8.74. The molecule has 0 unspecified atom stereocenters. The van der Waals surface area contributed by atoms with Crippen LogP contribution in [0.5, 0.6) is 0 Å². The second-order valence-corrected chi connectivity index (χ2v) is 5.83. The van der Waals surface area contributed by atoms with Crippen LogP contribution in [0.25, 0.3) is 0 Å². The Balaban J connectivity index is 2.50. The fourth-order valence-electron chi connectivity index (χ4n) is 1.62. The van der Waals surface area contributed by atoms with Gasteiger partial charge in [-0.3, -0.25) is 4.90 Å². The predicted molar refractivity (Wildman–Crippen MR) is 68.5 cm³/mol. The molecule has 0 saturated carbocycles. The highest BCUT2D eigenvalue weighted by molar-refractivity contribution is 7.10. The molecule has 0 amide bonds. The third-order valence-electron chi connectivity index (χ3n) is 2.72. The first-order valence-electron chi connectivity index (χ1n) is 5.35. The van der Waals surface area contributed by atoms with Crippen LogP contribution in [-0.4, -0.2) is 31.1 Å². The van der Waals surface area contributed by atoms with Gasteiger partial charge in [0.2, 0.25) is 0 Å². The molecule has 86 valence electrons. The van der Waals surface area contributed by atoms with E-state index in [0.29, 0.717) is 0 Å².